The Hall–Kier alpha value is -2.74. The van der Waals surface area contributed by atoms with Gasteiger partial charge in [-0.15, -0.1) is 0 Å². The standard InChI is InChI=1S/C16H15FN4O2S/c1-7-10(15(22)23-2)11(8-5-3-4-6-9(8)17)12-13(18)20-16(24)21-14(12)19-7/h3-6,11H,1-2H3,(H4,18,19,20,21,24). The minimum Gasteiger partial charge on any atom is -0.466 e. The van der Waals surface area contributed by atoms with Gasteiger partial charge in [0, 0.05) is 16.8 Å². The number of nitrogens with zero attached hydrogens (tertiary/aromatic N) is 1. The predicted octanol–water partition coefficient (Wildman–Crippen LogP) is 2.86. The lowest BCUT2D eigenvalue weighted by Crippen LogP contribution is -2.26. The molecule has 0 amide bonds. The van der Waals surface area contributed by atoms with E-state index in [0.29, 0.717) is 22.6 Å². The Morgan fingerprint density at radius 3 is 2.79 bits per heavy atom. The fraction of sp³-hybridized carbons (Fsp3) is 0.188. The van der Waals surface area contributed by atoms with Crippen LogP contribution in [0.2, 0.25) is 0 Å². The van der Waals surface area contributed by atoms with Crippen LogP contribution >= 0.6 is 12.2 Å². The van der Waals surface area contributed by atoms with Gasteiger partial charge in [-0.25, -0.2) is 14.2 Å². The van der Waals surface area contributed by atoms with Crippen molar-refractivity contribution >= 4 is 29.8 Å². The van der Waals surface area contributed by atoms with Gasteiger partial charge in [-0.2, -0.15) is 0 Å². The van der Waals surface area contributed by atoms with Crippen LogP contribution in [0, 0.1) is 10.6 Å². The Bertz CT molecular complexity index is 923. The number of hydrogen-bond donors (Lipinski definition) is 3. The highest BCUT2D eigenvalue weighted by atomic mass is 32.1. The van der Waals surface area contributed by atoms with E-state index in [9.17, 15) is 9.18 Å². The second kappa shape index (κ2) is 6.04. The number of benzene rings is 1. The van der Waals surface area contributed by atoms with Crippen molar-refractivity contribution in [1.29, 1.82) is 0 Å². The normalized spacial score (nSPS) is 16.4. The van der Waals surface area contributed by atoms with Crippen molar-refractivity contribution in [3.8, 4) is 0 Å². The van der Waals surface area contributed by atoms with Crippen LogP contribution in [0.4, 0.5) is 16.0 Å². The molecule has 2 heterocycles. The number of nitrogens with one attached hydrogen (secondary N) is 2. The number of aromatic nitrogens is 2. The Balaban J connectivity index is 2.35. The SMILES string of the molecule is COC(=O)C1=C(C)Nc2nc(=S)[nH]c(N)c2C1c1ccccc1F. The maximum absolute atomic E-state index is 14.5. The summed E-state index contributed by atoms with van der Waals surface area (Å²) in [6, 6.07) is 6.21. The number of carbonyl (C=O) groups excluding carboxylic acids is 1. The first-order chi connectivity index (χ1) is 11.4. The van der Waals surface area contributed by atoms with Crippen molar-refractivity contribution in [3.63, 3.8) is 0 Å². The molecule has 6 nitrogen and oxygen atoms in total. The average molecular weight is 346 g/mol. The van der Waals surface area contributed by atoms with Gasteiger partial charge in [0.1, 0.15) is 17.5 Å². The van der Waals surface area contributed by atoms with Crippen molar-refractivity contribution in [2.75, 3.05) is 18.2 Å². The summed E-state index contributed by atoms with van der Waals surface area (Å²) < 4.78 is 19.5. The topological polar surface area (TPSA) is 93.0 Å². The summed E-state index contributed by atoms with van der Waals surface area (Å²) in [4.78, 5) is 19.3. The van der Waals surface area contributed by atoms with Gasteiger partial charge in [-0.1, -0.05) is 18.2 Å². The number of carbonyl (C=O) groups is 1. The Morgan fingerprint density at radius 1 is 1.42 bits per heavy atom. The number of nitrogen functional groups attached to an aromatic ring is 1. The molecule has 0 spiro atoms. The molecule has 1 aromatic carbocycles. The molecule has 8 heteroatoms. The number of aromatic amines is 1. The molecule has 0 radical (unpaired) electrons. The molecule has 24 heavy (non-hydrogen) atoms. The number of rotatable bonds is 2. The van der Waals surface area contributed by atoms with E-state index in [1.165, 1.54) is 13.2 Å². The van der Waals surface area contributed by atoms with Gasteiger partial charge in [0.25, 0.3) is 0 Å². The molecule has 0 saturated carbocycles. The third-order valence-corrected chi connectivity index (χ3v) is 4.10. The molecule has 1 aromatic heterocycles. The largest absolute Gasteiger partial charge is 0.466 e. The molecule has 4 N–H and O–H groups in total. The summed E-state index contributed by atoms with van der Waals surface area (Å²) in [7, 11) is 1.27. The molecule has 1 aliphatic heterocycles. The predicted molar refractivity (Wildman–Crippen MR) is 90.4 cm³/mol. The van der Waals surface area contributed by atoms with Crippen molar-refractivity contribution in [1.82, 2.24) is 9.97 Å². The molecular formula is C16H15FN4O2S. The third-order valence-electron chi connectivity index (χ3n) is 3.91. The van der Waals surface area contributed by atoms with Crippen LogP contribution in [-0.4, -0.2) is 23.0 Å². The molecule has 0 bridgehead atoms. The average Bonchev–Trinajstić information content (AvgIpc) is 2.53. The highest BCUT2D eigenvalue weighted by molar-refractivity contribution is 7.71. The molecule has 1 unspecified atom stereocenters. The van der Waals surface area contributed by atoms with Crippen LogP contribution in [0.1, 0.15) is 24.0 Å². The molecule has 0 fully saturated rings. The fourth-order valence-corrected chi connectivity index (χ4v) is 3.10. The highest BCUT2D eigenvalue weighted by Crippen LogP contribution is 2.44. The van der Waals surface area contributed by atoms with Crippen LogP contribution in [0.15, 0.2) is 35.5 Å². The summed E-state index contributed by atoms with van der Waals surface area (Å²) in [5.41, 5.74) is 7.61. The van der Waals surface area contributed by atoms with Gasteiger partial charge in [0.15, 0.2) is 4.77 Å². The second-order valence-electron chi connectivity index (χ2n) is 5.33. The maximum atomic E-state index is 14.5. The Morgan fingerprint density at radius 2 is 2.12 bits per heavy atom. The number of hydrogen-bond acceptors (Lipinski definition) is 6. The van der Waals surface area contributed by atoms with Gasteiger partial charge in [-0.3, -0.25) is 0 Å². The molecule has 0 saturated heterocycles. The minimum absolute atomic E-state index is 0.195. The van der Waals surface area contributed by atoms with E-state index in [-0.39, 0.29) is 16.2 Å². The van der Waals surface area contributed by atoms with Gasteiger partial charge in [0.05, 0.1) is 18.6 Å². The first-order valence-electron chi connectivity index (χ1n) is 7.14. The number of methoxy groups -OCH3 is 1. The number of esters is 1. The van der Waals surface area contributed by atoms with E-state index in [2.05, 4.69) is 15.3 Å². The molecular weight excluding hydrogens is 331 g/mol. The van der Waals surface area contributed by atoms with Crippen molar-refractivity contribution in [3.05, 3.63) is 57.3 Å². The fourth-order valence-electron chi connectivity index (χ4n) is 2.89. The monoisotopic (exact) mass is 346 g/mol. The lowest BCUT2D eigenvalue weighted by molar-refractivity contribution is -0.136. The van der Waals surface area contributed by atoms with Crippen molar-refractivity contribution in [2.24, 2.45) is 0 Å². The molecule has 3 rings (SSSR count). The molecule has 0 aliphatic carbocycles. The van der Waals surface area contributed by atoms with Gasteiger partial charge in [0.2, 0.25) is 0 Å². The highest BCUT2D eigenvalue weighted by Gasteiger charge is 2.36. The van der Waals surface area contributed by atoms with Crippen molar-refractivity contribution < 1.29 is 13.9 Å². The van der Waals surface area contributed by atoms with E-state index in [1.54, 1.807) is 25.1 Å². The summed E-state index contributed by atoms with van der Waals surface area (Å²) in [5.74, 6) is -1.16. The lowest BCUT2D eigenvalue weighted by Gasteiger charge is -2.30. The number of H-pyrrole nitrogens is 1. The summed E-state index contributed by atoms with van der Waals surface area (Å²) in [5, 5.41) is 3.00. The van der Waals surface area contributed by atoms with Gasteiger partial charge < -0.3 is 20.8 Å². The van der Waals surface area contributed by atoms with Crippen LogP contribution in [0.3, 0.4) is 0 Å². The van der Waals surface area contributed by atoms with Crippen LogP contribution in [0.5, 0.6) is 0 Å². The lowest BCUT2D eigenvalue weighted by atomic mass is 9.81. The zero-order chi connectivity index (χ0) is 17.4. The van der Waals surface area contributed by atoms with Crippen LogP contribution < -0.4 is 11.1 Å². The van der Waals surface area contributed by atoms with E-state index in [4.69, 9.17) is 22.7 Å². The Labute approximate surface area is 142 Å². The number of nitrogens with two attached hydrogens (primary N) is 1. The van der Waals surface area contributed by atoms with Crippen molar-refractivity contribution in [2.45, 2.75) is 12.8 Å². The molecule has 124 valence electrons. The summed E-state index contributed by atoms with van der Waals surface area (Å²) >= 11 is 5.04. The number of anilines is 2. The van der Waals surface area contributed by atoms with E-state index in [0.717, 1.165) is 0 Å². The smallest absolute Gasteiger partial charge is 0.336 e. The summed E-state index contributed by atoms with van der Waals surface area (Å²) in [6.45, 7) is 1.70. The first kappa shape index (κ1) is 16.1. The number of ether oxygens (including phenoxy) is 1. The molecule has 1 aliphatic rings. The van der Waals surface area contributed by atoms with E-state index in [1.807, 2.05) is 0 Å². The Kier molecular flexibility index (Phi) is 4.06. The first-order valence-corrected chi connectivity index (χ1v) is 7.55. The molecule has 1 atom stereocenters. The number of fused-ring (bicyclic) bond motifs is 1. The third kappa shape index (κ3) is 2.54. The quantitative estimate of drug-likeness (QED) is 0.572. The minimum atomic E-state index is -0.755. The zero-order valence-electron chi connectivity index (χ0n) is 13.0. The molecule has 2 aromatic rings. The van der Waals surface area contributed by atoms with Gasteiger partial charge >= 0.3 is 5.97 Å². The summed E-state index contributed by atoms with van der Waals surface area (Å²) in [6.07, 6.45) is 0. The zero-order valence-corrected chi connectivity index (χ0v) is 13.8. The second-order valence-corrected chi connectivity index (χ2v) is 5.71. The van der Waals surface area contributed by atoms with Crippen LogP contribution in [0.25, 0.3) is 0 Å². The number of allylic oxidation sites excluding steroid dienone is 1. The van der Waals surface area contributed by atoms with E-state index < -0.39 is 17.7 Å². The maximum Gasteiger partial charge on any atom is 0.336 e. The van der Waals surface area contributed by atoms with E-state index >= 15 is 0 Å². The van der Waals surface area contributed by atoms with Crippen LogP contribution in [-0.2, 0) is 9.53 Å². The number of halogens is 1. The van der Waals surface area contributed by atoms with Gasteiger partial charge in [-0.05, 0) is 25.2 Å².